The number of hydrogen-bond donors (Lipinski definition) is 2. The Kier molecular flexibility index (Phi) is 6.42. The van der Waals surface area contributed by atoms with Crippen molar-refractivity contribution in [2.45, 2.75) is 17.7 Å². The Bertz CT molecular complexity index is 760. The zero-order valence-corrected chi connectivity index (χ0v) is 15.7. The van der Waals surface area contributed by atoms with Crippen molar-refractivity contribution in [1.29, 1.82) is 0 Å². The third-order valence-corrected chi connectivity index (χ3v) is 5.67. The number of rotatable bonds is 4. The van der Waals surface area contributed by atoms with Gasteiger partial charge in [0.25, 0.3) is 10.0 Å². The highest BCUT2D eigenvalue weighted by molar-refractivity contribution is 7.90. The first-order chi connectivity index (χ1) is 11.5. The van der Waals surface area contributed by atoms with E-state index in [-0.39, 0.29) is 29.8 Å². The van der Waals surface area contributed by atoms with Gasteiger partial charge in [0, 0.05) is 19.2 Å². The van der Waals surface area contributed by atoms with Gasteiger partial charge in [-0.3, -0.25) is 4.79 Å². The van der Waals surface area contributed by atoms with Crippen LogP contribution in [0.15, 0.2) is 33.6 Å². The second kappa shape index (κ2) is 8.16. The fourth-order valence-corrected chi connectivity index (χ4v) is 4.32. The summed E-state index contributed by atoms with van der Waals surface area (Å²) in [5, 5.41) is 6.24. The fraction of sp³-hybridized carbons (Fsp3) is 0.500. The van der Waals surface area contributed by atoms with Crippen molar-refractivity contribution < 1.29 is 13.2 Å². The van der Waals surface area contributed by atoms with Gasteiger partial charge >= 0.3 is 0 Å². The first-order valence-corrected chi connectivity index (χ1v) is 9.54. The highest BCUT2D eigenvalue weighted by Crippen LogP contribution is 2.26. The zero-order chi connectivity index (χ0) is 17.2. The quantitative estimate of drug-likeness (QED) is 0.791. The molecule has 3 rings (SSSR count). The summed E-state index contributed by atoms with van der Waals surface area (Å²) >= 11 is 0. The first-order valence-electron chi connectivity index (χ1n) is 8.10. The second-order valence-corrected chi connectivity index (χ2v) is 7.83. The lowest BCUT2D eigenvalue weighted by Gasteiger charge is -2.24. The maximum atomic E-state index is 12.1. The highest BCUT2D eigenvalue weighted by Gasteiger charge is 2.30. The third kappa shape index (κ3) is 4.50. The number of sulfonamides is 1. The summed E-state index contributed by atoms with van der Waals surface area (Å²) in [6, 6.07) is 6.67. The Balaban J connectivity index is 0.00000225. The number of nitrogens with zero attached hydrogens (tertiary/aromatic N) is 2. The largest absolute Gasteiger partial charge is 0.354 e. The Labute approximate surface area is 154 Å². The minimum atomic E-state index is -3.66. The second-order valence-electron chi connectivity index (χ2n) is 6.26. The van der Waals surface area contributed by atoms with Crippen LogP contribution in [-0.2, 0) is 14.8 Å². The molecule has 1 atom stereocenters. The van der Waals surface area contributed by atoms with E-state index in [9.17, 15) is 13.2 Å². The molecule has 1 saturated heterocycles. The van der Waals surface area contributed by atoms with Gasteiger partial charge in [-0.15, -0.1) is 16.8 Å². The number of amidine groups is 1. The number of fused-ring (bicyclic) bond motifs is 1. The maximum absolute atomic E-state index is 12.1. The van der Waals surface area contributed by atoms with Gasteiger partial charge in [-0.1, -0.05) is 12.1 Å². The Morgan fingerprint density at radius 1 is 1.40 bits per heavy atom. The third-order valence-electron chi connectivity index (χ3n) is 4.34. The molecule has 1 fully saturated rings. The molecular formula is C16H23ClN4O3S. The Morgan fingerprint density at radius 3 is 2.88 bits per heavy atom. The summed E-state index contributed by atoms with van der Waals surface area (Å²) in [7, 11) is -1.98. The van der Waals surface area contributed by atoms with E-state index in [1.165, 1.54) is 6.07 Å². The van der Waals surface area contributed by atoms with E-state index in [1.807, 2.05) is 0 Å². The van der Waals surface area contributed by atoms with Crippen LogP contribution in [0.25, 0.3) is 0 Å². The van der Waals surface area contributed by atoms with Gasteiger partial charge in [0.05, 0.1) is 6.54 Å². The molecule has 0 spiro atoms. The normalized spacial score (nSPS) is 20.8. The standard InChI is InChI=1S/C16H22N4O3S.ClH/c1-20(11-15(21)18-10-12-5-4-8-17-9-12)16-13-6-2-3-7-14(13)24(22,23)19-16;/h2-3,6-7,12,17H,4-5,8-11H2,1H3,(H,18,21);1H. The molecule has 138 valence electrons. The highest BCUT2D eigenvalue weighted by atomic mass is 35.5. The van der Waals surface area contributed by atoms with E-state index in [0.29, 0.717) is 23.9 Å². The summed E-state index contributed by atoms with van der Waals surface area (Å²) in [4.78, 5) is 13.9. The van der Waals surface area contributed by atoms with Crippen molar-refractivity contribution in [3.05, 3.63) is 29.8 Å². The van der Waals surface area contributed by atoms with Crippen molar-refractivity contribution in [2.24, 2.45) is 10.3 Å². The number of halogens is 1. The Hall–Kier alpha value is -1.64. The average molecular weight is 387 g/mol. The van der Waals surface area contributed by atoms with Gasteiger partial charge in [-0.25, -0.2) is 0 Å². The van der Waals surface area contributed by atoms with Crippen LogP contribution in [0.2, 0.25) is 0 Å². The van der Waals surface area contributed by atoms with Crippen LogP contribution in [0.4, 0.5) is 0 Å². The van der Waals surface area contributed by atoms with Gasteiger partial charge in [0.2, 0.25) is 5.91 Å². The number of carbonyl (C=O) groups excluding carboxylic acids is 1. The first kappa shape index (κ1) is 19.7. The topological polar surface area (TPSA) is 90.9 Å². The van der Waals surface area contributed by atoms with Crippen LogP contribution in [0, 0.1) is 5.92 Å². The molecule has 1 amide bonds. The van der Waals surface area contributed by atoms with Gasteiger partial charge < -0.3 is 15.5 Å². The maximum Gasteiger partial charge on any atom is 0.285 e. The van der Waals surface area contributed by atoms with Crippen LogP contribution >= 0.6 is 12.4 Å². The lowest BCUT2D eigenvalue weighted by Crippen LogP contribution is -2.42. The SMILES string of the molecule is CN(CC(=O)NCC1CCCNC1)C1=NS(=O)(=O)c2ccccc21.Cl. The predicted octanol–water partition coefficient (Wildman–Crippen LogP) is 0.605. The number of likely N-dealkylation sites (N-methyl/N-ethyl adjacent to an activating group) is 1. The molecule has 2 aliphatic heterocycles. The molecule has 9 heteroatoms. The smallest absolute Gasteiger partial charge is 0.285 e. The molecule has 25 heavy (non-hydrogen) atoms. The molecule has 1 unspecified atom stereocenters. The summed E-state index contributed by atoms with van der Waals surface area (Å²) in [5.74, 6) is 0.644. The molecule has 0 saturated carbocycles. The molecule has 1 aromatic rings. The Morgan fingerprint density at radius 2 is 2.16 bits per heavy atom. The van der Waals surface area contributed by atoms with Crippen molar-refractivity contribution >= 4 is 34.2 Å². The number of piperidine rings is 1. The summed E-state index contributed by atoms with van der Waals surface area (Å²) < 4.78 is 27.9. The lowest BCUT2D eigenvalue weighted by molar-refractivity contribution is -0.121. The molecule has 1 aromatic carbocycles. The molecule has 2 N–H and O–H groups in total. The molecule has 2 aliphatic rings. The van der Waals surface area contributed by atoms with E-state index in [2.05, 4.69) is 15.0 Å². The van der Waals surface area contributed by atoms with Crippen LogP contribution in [0.1, 0.15) is 18.4 Å². The van der Waals surface area contributed by atoms with Crippen LogP contribution < -0.4 is 10.6 Å². The van der Waals surface area contributed by atoms with Crippen molar-refractivity contribution in [1.82, 2.24) is 15.5 Å². The number of hydrogen-bond acceptors (Lipinski definition) is 5. The monoisotopic (exact) mass is 386 g/mol. The minimum absolute atomic E-state index is 0. The van der Waals surface area contributed by atoms with E-state index >= 15 is 0 Å². The predicted molar refractivity (Wildman–Crippen MR) is 98.6 cm³/mol. The summed E-state index contributed by atoms with van der Waals surface area (Å²) in [6.45, 7) is 2.68. The van der Waals surface area contributed by atoms with Crippen molar-refractivity contribution in [3.8, 4) is 0 Å². The van der Waals surface area contributed by atoms with Crippen LogP contribution in [-0.4, -0.2) is 58.3 Å². The van der Waals surface area contributed by atoms with Gasteiger partial charge in [-0.05, 0) is 44.0 Å². The van der Waals surface area contributed by atoms with Gasteiger partial charge in [0.1, 0.15) is 4.90 Å². The average Bonchev–Trinajstić information content (AvgIpc) is 2.86. The van der Waals surface area contributed by atoms with Gasteiger partial charge in [-0.2, -0.15) is 8.42 Å². The minimum Gasteiger partial charge on any atom is -0.354 e. The molecule has 0 aromatic heterocycles. The van der Waals surface area contributed by atoms with Gasteiger partial charge in [0.15, 0.2) is 5.84 Å². The van der Waals surface area contributed by atoms with Crippen molar-refractivity contribution in [2.75, 3.05) is 33.2 Å². The molecule has 2 heterocycles. The molecular weight excluding hydrogens is 364 g/mol. The van der Waals surface area contributed by atoms with E-state index in [4.69, 9.17) is 0 Å². The summed E-state index contributed by atoms with van der Waals surface area (Å²) in [5.41, 5.74) is 0.546. The number of benzene rings is 1. The van der Waals surface area contributed by atoms with Crippen LogP contribution in [0.3, 0.4) is 0 Å². The van der Waals surface area contributed by atoms with Crippen molar-refractivity contribution in [3.63, 3.8) is 0 Å². The number of carbonyl (C=O) groups is 1. The zero-order valence-electron chi connectivity index (χ0n) is 14.1. The van der Waals surface area contributed by atoms with E-state index < -0.39 is 10.0 Å². The fourth-order valence-electron chi connectivity index (χ4n) is 3.07. The molecule has 7 nitrogen and oxygen atoms in total. The van der Waals surface area contributed by atoms with Crippen LogP contribution in [0.5, 0.6) is 0 Å². The molecule has 0 bridgehead atoms. The number of amides is 1. The lowest BCUT2D eigenvalue weighted by atomic mass is 10.00. The summed E-state index contributed by atoms with van der Waals surface area (Å²) in [6.07, 6.45) is 2.24. The number of nitrogens with one attached hydrogen (secondary N) is 2. The van der Waals surface area contributed by atoms with E-state index in [1.54, 1.807) is 30.1 Å². The molecule has 0 aliphatic carbocycles. The van der Waals surface area contributed by atoms with E-state index in [0.717, 1.165) is 25.9 Å². The molecule has 0 radical (unpaired) electrons.